The summed E-state index contributed by atoms with van der Waals surface area (Å²) in [4.78, 5) is 0. The Balaban J connectivity index is 2.45. The smallest absolute Gasteiger partial charge is 0.118 e. The predicted molar refractivity (Wildman–Crippen MR) is 79.8 cm³/mol. The van der Waals surface area contributed by atoms with Gasteiger partial charge in [-0.15, -0.1) is 0 Å². The summed E-state index contributed by atoms with van der Waals surface area (Å²) in [7, 11) is 3.64. The Morgan fingerprint density at radius 2 is 1.84 bits per heavy atom. The molecule has 0 fully saturated rings. The Labute approximate surface area is 117 Å². The van der Waals surface area contributed by atoms with Crippen LogP contribution in [0.15, 0.2) is 24.3 Å². The van der Waals surface area contributed by atoms with Crippen molar-refractivity contribution in [1.29, 1.82) is 0 Å². The summed E-state index contributed by atoms with van der Waals surface area (Å²) < 4.78 is 11.2. The van der Waals surface area contributed by atoms with Gasteiger partial charge < -0.3 is 14.8 Å². The summed E-state index contributed by atoms with van der Waals surface area (Å²) in [5.41, 5.74) is 1.20. The van der Waals surface area contributed by atoms with E-state index in [1.807, 2.05) is 19.2 Å². The maximum absolute atomic E-state index is 5.99. The maximum Gasteiger partial charge on any atom is 0.118 e. The Morgan fingerprint density at radius 1 is 1.11 bits per heavy atom. The molecule has 0 aliphatic heterocycles. The van der Waals surface area contributed by atoms with E-state index < -0.39 is 0 Å². The summed E-state index contributed by atoms with van der Waals surface area (Å²) >= 11 is 0. The lowest BCUT2D eigenvalue weighted by Gasteiger charge is -2.18. The van der Waals surface area contributed by atoms with Crippen LogP contribution >= 0.6 is 0 Å². The zero-order chi connectivity index (χ0) is 13.9. The molecule has 0 aliphatic rings. The van der Waals surface area contributed by atoms with Crippen LogP contribution in [-0.4, -0.2) is 27.3 Å². The highest BCUT2D eigenvalue weighted by Gasteiger charge is 2.10. The third-order valence-corrected chi connectivity index (χ3v) is 3.19. The van der Waals surface area contributed by atoms with E-state index in [1.165, 1.54) is 24.8 Å². The van der Waals surface area contributed by atoms with Crippen LogP contribution in [0.25, 0.3) is 0 Å². The molecular formula is C16H27NO2. The first kappa shape index (κ1) is 16.0. The minimum absolute atomic E-state index is 0.123. The van der Waals surface area contributed by atoms with Crippen molar-refractivity contribution in [1.82, 2.24) is 5.32 Å². The second-order valence-corrected chi connectivity index (χ2v) is 4.75. The van der Waals surface area contributed by atoms with E-state index in [2.05, 4.69) is 24.4 Å². The molecule has 19 heavy (non-hydrogen) atoms. The van der Waals surface area contributed by atoms with Crippen LogP contribution in [0, 0.1) is 0 Å². The number of nitrogens with one attached hydrogen (secondary N) is 1. The van der Waals surface area contributed by atoms with Crippen LogP contribution in [0.4, 0.5) is 0 Å². The SMILES string of the molecule is CCCCCCOC(CNC)c1ccc(OC)cc1. The first-order valence-electron chi connectivity index (χ1n) is 7.22. The van der Waals surface area contributed by atoms with Crippen LogP contribution in [-0.2, 0) is 4.74 Å². The van der Waals surface area contributed by atoms with Gasteiger partial charge in [-0.25, -0.2) is 0 Å². The minimum Gasteiger partial charge on any atom is -0.497 e. The molecule has 3 heteroatoms. The number of rotatable bonds is 10. The second kappa shape index (κ2) is 9.82. The lowest BCUT2D eigenvalue weighted by molar-refractivity contribution is 0.0511. The Kier molecular flexibility index (Phi) is 8.26. The molecule has 108 valence electrons. The molecule has 1 aromatic carbocycles. The molecule has 1 aromatic rings. The van der Waals surface area contributed by atoms with E-state index in [9.17, 15) is 0 Å². The monoisotopic (exact) mass is 265 g/mol. The Morgan fingerprint density at radius 3 is 2.42 bits per heavy atom. The standard InChI is InChI=1S/C16H27NO2/c1-4-5-6-7-12-19-16(13-17-2)14-8-10-15(18-3)11-9-14/h8-11,16-17H,4-7,12-13H2,1-3H3. The van der Waals surface area contributed by atoms with Crippen LogP contribution in [0.2, 0.25) is 0 Å². The molecule has 0 bridgehead atoms. The molecule has 0 amide bonds. The number of hydrogen-bond donors (Lipinski definition) is 1. The van der Waals surface area contributed by atoms with E-state index in [-0.39, 0.29) is 6.10 Å². The number of likely N-dealkylation sites (N-methyl/N-ethyl adjacent to an activating group) is 1. The predicted octanol–water partition coefficient (Wildman–Crippen LogP) is 3.55. The van der Waals surface area contributed by atoms with Crippen LogP contribution < -0.4 is 10.1 Å². The van der Waals surface area contributed by atoms with Gasteiger partial charge in [-0.05, 0) is 31.2 Å². The van der Waals surface area contributed by atoms with Crippen LogP contribution in [0.3, 0.4) is 0 Å². The topological polar surface area (TPSA) is 30.5 Å². The fourth-order valence-corrected chi connectivity index (χ4v) is 2.03. The van der Waals surface area contributed by atoms with E-state index in [0.29, 0.717) is 0 Å². The number of ether oxygens (including phenoxy) is 2. The van der Waals surface area contributed by atoms with Gasteiger partial charge >= 0.3 is 0 Å². The average molecular weight is 265 g/mol. The fraction of sp³-hybridized carbons (Fsp3) is 0.625. The van der Waals surface area contributed by atoms with Crippen molar-refractivity contribution in [2.45, 2.75) is 38.7 Å². The molecule has 1 rings (SSSR count). The zero-order valence-electron chi connectivity index (χ0n) is 12.4. The third-order valence-electron chi connectivity index (χ3n) is 3.19. The van der Waals surface area contributed by atoms with Crippen molar-refractivity contribution in [2.75, 3.05) is 27.3 Å². The summed E-state index contributed by atoms with van der Waals surface area (Å²) in [6, 6.07) is 8.12. The normalized spacial score (nSPS) is 12.4. The number of methoxy groups -OCH3 is 1. The molecule has 0 aromatic heterocycles. The largest absolute Gasteiger partial charge is 0.497 e. The van der Waals surface area contributed by atoms with Crippen molar-refractivity contribution in [3.63, 3.8) is 0 Å². The van der Waals surface area contributed by atoms with Crippen LogP contribution in [0.5, 0.6) is 5.75 Å². The van der Waals surface area contributed by atoms with Gasteiger partial charge in [0.05, 0.1) is 13.2 Å². The van der Waals surface area contributed by atoms with Gasteiger partial charge in [0.2, 0.25) is 0 Å². The average Bonchev–Trinajstić information content (AvgIpc) is 2.46. The molecule has 0 saturated carbocycles. The molecule has 0 radical (unpaired) electrons. The van der Waals surface area contributed by atoms with E-state index in [1.54, 1.807) is 7.11 Å². The molecule has 1 unspecified atom stereocenters. The van der Waals surface area contributed by atoms with Crippen LogP contribution in [0.1, 0.15) is 44.3 Å². The second-order valence-electron chi connectivity index (χ2n) is 4.75. The first-order valence-corrected chi connectivity index (χ1v) is 7.22. The summed E-state index contributed by atoms with van der Waals surface area (Å²) in [6.07, 6.45) is 5.08. The van der Waals surface area contributed by atoms with Gasteiger partial charge in [-0.1, -0.05) is 38.3 Å². The maximum atomic E-state index is 5.99. The minimum atomic E-state index is 0.123. The summed E-state index contributed by atoms with van der Waals surface area (Å²) in [5.74, 6) is 0.884. The van der Waals surface area contributed by atoms with E-state index in [0.717, 1.165) is 25.3 Å². The van der Waals surface area contributed by atoms with E-state index >= 15 is 0 Å². The molecule has 0 heterocycles. The number of benzene rings is 1. The van der Waals surface area contributed by atoms with Crippen molar-refractivity contribution in [2.24, 2.45) is 0 Å². The Bertz CT molecular complexity index is 324. The lowest BCUT2D eigenvalue weighted by atomic mass is 10.1. The van der Waals surface area contributed by atoms with Gasteiger partial charge in [0.15, 0.2) is 0 Å². The molecular weight excluding hydrogens is 238 g/mol. The van der Waals surface area contributed by atoms with Crippen molar-refractivity contribution in [3.8, 4) is 5.75 Å². The molecule has 0 saturated heterocycles. The zero-order valence-corrected chi connectivity index (χ0v) is 12.4. The lowest BCUT2D eigenvalue weighted by Crippen LogP contribution is -2.20. The van der Waals surface area contributed by atoms with Gasteiger partial charge in [-0.2, -0.15) is 0 Å². The van der Waals surface area contributed by atoms with Gasteiger partial charge in [0.25, 0.3) is 0 Å². The van der Waals surface area contributed by atoms with Gasteiger partial charge in [-0.3, -0.25) is 0 Å². The van der Waals surface area contributed by atoms with Crippen molar-refractivity contribution in [3.05, 3.63) is 29.8 Å². The number of unbranched alkanes of at least 4 members (excludes halogenated alkanes) is 3. The van der Waals surface area contributed by atoms with Crippen molar-refractivity contribution < 1.29 is 9.47 Å². The fourth-order valence-electron chi connectivity index (χ4n) is 2.03. The highest BCUT2D eigenvalue weighted by molar-refractivity contribution is 5.28. The number of hydrogen-bond acceptors (Lipinski definition) is 3. The Hall–Kier alpha value is -1.06. The van der Waals surface area contributed by atoms with Gasteiger partial charge in [0.1, 0.15) is 5.75 Å². The summed E-state index contributed by atoms with van der Waals surface area (Å²) in [6.45, 7) is 3.89. The first-order chi connectivity index (χ1) is 9.31. The van der Waals surface area contributed by atoms with E-state index in [4.69, 9.17) is 9.47 Å². The van der Waals surface area contributed by atoms with Gasteiger partial charge in [0, 0.05) is 13.2 Å². The third kappa shape index (κ3) is 6.08. The molecule has 0 aliphatic carbocycles. The quantitative estimate of drug-likeness (QED) is 0.656. The molecule has 1 atom stereocenters. The molecule has 0 spiro atoms. The molecule has 1 N–H and O–H groups in total. The highest BCUT2D eigenvalue weighted by atomic mass is 16.5. The van der Waals surface area contributed by atoms with Crippen molar-refractivity contribution >= 4 is 0 Å². The highest BCUT2D eigenvalue weighted by Crippen LogP contribution is 2.20. The summed E-state index contributed by atoms with van der Waals surface area (Å²) in [5, 5.41) is 3.19. The molecule has 3 nitrogen and oxygen atoms in total.